The van der Waals surface area contributed by atoms with Crippen molar-refractivity contribution in [2.75, 3.05) is 5.32 Å². The van der Waals surface area contributed by atoms with Gasteiger partial charge >= 0.3 is 0 Å². The third kappa shape index (κ3) is 2.90. The van der Waals surface area contributed by atoms with Crippen molar-refractivity contribution in [1.82, 2.24) is 9.78 Å². The number of benzene rings is 1. The van der Waals surface area contributed by atoms with Gasteiger partial charge in [-0.2, -0.15) is 5.10 Å². The molecule has 0 saturated heterocycles. The van der Waals surface area contributed by atoms with E-state index in [1.165, 1.54) is 31.2 Å². The third-order valence-corrected chi connectivity index (χ3v) is 4.95. The molecule has 3 nitrogen and oxygen atoms in total. The van der Waals surface area contributed by atoms with E-state index in [0.717, 1.165) is 22.4 Å². The van der Waals surface area contributed by atoms with Crippen LogP contribution in [0.3, 0.4) is 0 Å². The predicted molar refractivity (Wildman–Crippen MR) is 85.9 cm³/mol. The Kier molecular flexibility index (Phi) is 4.10. The predicted octanol–water partition coefficient (Wildman–Crippen LogP) is 4.68. The summed E-state index contributed by atoms with van der Waals surface area (Å²) in [6.07, 6.45) is 7.37. The summed E-state index contributed by atoms with van der Waals surface area (Å²) >= 11 is 3.56. The van der Waals surface area contributed by atoms with Crippen LogP contribution < -0.4 is 5.32 Å². The first-order valence-corrected chi connectivity index (χ1v) is 8.06. The number of nitrogens with one attached hydrogen (secondary N) is 1. The topological polar surface area (TPSA) is 29.9 Å². The molecule has 4 heteroatoms. The van der Waals surface area contributed by atoms with Gasteiger partial charge in [-0.1, -0.05) is 34.8 Å². The average molecular weight is 334 g/mol. The highest BCUT2D eigenvalue weighted by Crippen LogP contribution is 2.29. The zero-order valence-electron chi connectivity index (χ0n) is 11.8. The van der Waals surface area contributed by atoms with Gasteiger partial charge in [0.05, 0.1) is 18.3 Å². The molecule has 1 aliphatic rings. The summed E-state index contributed by atoms with van der Waals surface area (Å²) in [5, 5.41) is 8.17. The molecule has 106 valence electrons. The molecule has 1 aromatic heterocycles. The van der Waals surface area contributed by atoms with Crippen LogP contribution in [0.2, 0.25) is 0 Å². The largest absolute Gasteiger partial charge is 0.379 e. The summed E-state index contributed by atoms with van der Waals surface area (Å²) in [7, 11) is 0. The first-order valence-electron chi connectivity index (χ1n) is 7.27. The zero-order chi connectivity index (χ0) is 13.9. The normalized spacial score (nSPS) is 15.7. The maximum absolute atomic E-state index is 4.70. The standard InChI is InChI=1S/C16H20BrN3/c1-12-15(17)7-4-8-16(12)18-11-13-9-10-20(19-13)14-5-2-3-6-14/h4,7-10,14,18H,2-3,5-6,11H2,1H3. The van der Waals surface area contributed by atoms with E-state index in [-0.39, 0.29) is 0 Å². The van der Waals surface area contributed by atoms with Gasteiger partial charge in [0.2, 0.25) is 0 Å². The molecule has 3 rings (SSSR count). The van der Waals surface area contributed by atoms with Crippen molar-refractivity contribution in [2.45, 2.75) is 45.2 Å². The first kappa shape index (κ1) is 13.7. The highest BCUT2D eigenvalue weighted by molar-refractivity contribution is 9.10. The lowest BCUT2D eigenvalue weighted by Crippen LogP contribution is -2.07. The van der Waals surface area contributed by atoms with Gasteiger partial charge in [-0.05, 0) is 43.5 Å². The highest BCUT2D eigenvalue weighted by Gasteiger charge is 2.17. The maximum atomic E-state index is 4.70. The second-order valence-electron chi connectivity index (χ2n) is 5.49. The van der Waals surface area contributed by atoms with Crippen molar-refractivity contribution in [3.8, 4) is 0 Å². The first-order chi connectivity index (χ1) is 9.74. The molecule has 0 aliphatic heterocycles. The van der Waals surface area contributed by atoms with Crippen molar-refractivity contribution in [3.63, 3.8) is 0 Å². The summed E-state index contributed by atoms with van der Waals surface area (Å²) in [5.74, 6) is 0. The molecule has 0 spiro atoms. The van der Waals surface area contributed by atoms with Gasteiger partial charge in [0, 0.05) is 16.4 Å². The fourth-order valence-electron chi connectivity index (χ4n) is 2.83. The molecule has 0 bridgehead atoms. The lowest BCUT2D eigenvalue weighted by atomic mass is 10.2. The molecule has 0 amide bonds. The zero-order valence-corrected chi connectivity index (χ0v) is 13.4. The van der Waals surface area contributed by atoms with Crippen LogP contribution in [-0.2, 0) is 6.54 Å². The summed E-state index contributed by atoms with van der Waals surface area (Å²) in [5.41, 5.74) is 3.51. The molecule has 2 aromatic rings. The lowest BCUT2D eigenvalue weighted by molar-refractivity contribution is 0.463. The Balaban J connectivity index is 1.65. The number of rotatable bonds is 4. The van der Waals surface area contributed by atoms with E-state index in [4.69, 9.17) is 5.10 Å². The van der Waals surface area contributed by atoms with Crippen LogP contribution in [-0.4, -0.2) is 9.78 Å². The molecule has 0 unspecified atom stereocenters. The van der Waals surface area contributed by atoms with Gasteiger partial charge in [0.25, 0.3) is 0 Å². The van der Waals surface area contributed by atoms with Crippen LogP contribution in [0.5, 0.6) is 0 Å². The van der Waals surface area contributed by atoms with Gasteiger partial charge in [0.1, 0.15) is 0 Å². The van der Waals surface area contributed by atoms with Crippen LogP contribution in [0.1, 0.15) is 43.0 Å². The van der Waals surface area contributed by atoms with E-state index in [1.54, 1.807) is 0 Å². The fourth-order valence-corrected chi connectivity index (χ4v) is 3.19. The summed E-state index contributed by atoms with van der Waals surface area (Å²) in [6, 6.07) is 8.97. The Bertz CT molecular complexity index is 585. The number of hydrogen-bond acceptors (Lipinski definition) is 2. The molecule has 0 radical (unpaired) electrons. The smallest absolute Gasteiger partial charge is 0.0815 e. The summed E-state index contributed by atoms with van der Waals surface area (Å²) in [4.78, 5) is 0. The van der Waals surface area contributed by atoms with Gasteiger partial charge in [-0.3, -0.25) is 4.68 Å². The van der Waals surface area contributed by atoms with Crippen LogP contribution in [0.4, 0.5) is 5.69 Å². The molecule has 1 fully saturated rings. The molecule has 0 atom stereocenters. The molecule has 1 heterocycles. The van der Waals surface area contributed by atoms with Crippen molar-refractivity contribution < 1.29 is 0 Å². The van der Waals surface area contributed by atoms with Crippen LogP contribution in [0, 0.1) is 6.92 Å². The van der Waals surface area contributed by atoms with Crippen molar-refractivity contribution in [3.05, 3.63) is 46.2 Å². The summed E-state index contributed by atoms with van der Waals surface area (Å²) < 4.78 is 3.29. The summed E-state index contributed by atoms with van der Waals surface area (Å²) in [6.45, 7) is 2.89. The van der Waals surface area contributed by atoms with Crippen LogP contribution in [0.25, 0.3) is 0 Å². The molecular formula is C16H20BrN3. The second-order valence-corrected chi connectivity index (χ2v) is 6.35. The minimum absolute atomic E-state index is 0.622. The highest BCUT2D eigenvalue weighted by atomic mass is 79.9. The Morgan fingerprint density at radius 3 is 2.90 bits per heavy atom. The quantitative estimate of drug-likeness (QED) is 0.880. The van der Waals surface area contributed by atoms with Crippen LogP contribution >= 0.6 is 15.9 Å². The Hall–Kier alpha value is -1.29. The SMILES string of the molecule is Cc1c(Br)cccc1NCc1ccn(C2CCCC2)n1. The third-order valence-electron chi connectivity index (χ3n) is 4.09. The maximum Gasteiger partial charge on any atom is 0.0815 e. The Labute approximate surface area is 128 Å². The monoisotopic (exact) mass is 333 g/mol. The molecule has 20 heavy (non-hydrogen) atoms. The molecule has 1 N–H and O–H groups in total. The van der Waals surface area contributed by atoms with Crippen molar-refractivity contribution in [1.29, 1.82) is 0 Å². The van der Waals surface area contributed by atoms with Gasteiger partial charge in [0.15, 0.2) is 0 Å². The second kappa shape index (κ2) is 6.00. The van der Waals surface area contributed by atoms with E-state index in [1.807, 2.05) is 0 Å². The molecule has 1 saturated carbocycles. The van der Waals surface area contributed by atoms with E-state index >= 15 is 0 Å². The number of aromatic nitrogens is 2. The lowest BCUT2D eigenvalue weighted by Gasteiger charge is -2.10. The number of nitrogens with zero attached hydrogens (tertiary/aromatic N) is 2. The molecular weight excluding hydrogens is 314 g/mol. The van der Waals surface area contributed by atoms with E-state index in [0.29, 0.717) is 6.04 Å². The van der Waals surface area contributed by atoms with Gasteiger partial charge in [-0.15, -0.1) is 0 Å². The van der Waals surface area contributed by atoms with E-state index < -0.39 is 0 Å². The number of halogens is 1. The minimum Gasteiger partial charge on any atom is -0.379 e. The van der Waals surface area contributed by atoms with Gasteiger partial charge < -0.3 is 5.32 Å². The molecule has 1 aromatic carbocycles. The fraction of sp³-hybridized carbons (Fsp3) is 0.438. The van der Waals surface area contributed by atoms with Crippen molar-refractivity contribution >= 4 is 21.6 Å². The Morgan fingerprint density at radius 1 is 1.30 bits per heavy atom. The molecule has 1 aliphatic carbocycles. The van der Waals surface area contributed by atoms with E-state index in [9.17, 15) is 0 Å². The number of hydrogen-bond donors (Lipinski definition) is 1. The Morgan fingerprint density at radius 2 is 2.10 bits per heavy atom. The minimum atomic E-state index is 0.622. The average Bonchev–Trinajstić information content (AvgIpc) is 3.10. The number of anilines is 1. The van der Waals surface area contributed by atoms with Gasteiger partial charge in [-0.25, -0.2) is 0 Å². The van der Waals surface area contributed by atoms with Crippen LogP contribution in [0.15, 0.2) is 34.9 Å². The van der Waals surface area contributed by atoms with E-state index in [2.05, 4.69) is 63.3 Å². The van der Waals surface area contributed by atoms with Crippen molar-refractivity contribution in [2.24, 2.45) is 0 Å².